The molecule has 1 aromatic carbocycles. The molecule has 0 spiro atoms. The summed E-state index contributed by atoms with van der Waals surface area (Å²) in [5.74, 6) is -0.0675. The van der Waals surface area contributed by atoms with Gasteiger partial charge < -0.3 is 4.90 Å². The van der Waals surface area contributed by atoms with Crippen LogP contribution in [0.4, 0.5) is 5.69 Å². The minimum atomic E-state index is -0.471. The fourth-order valence-electron chi connectivity index (χ4n) is 1.21. The predicted molar refractivity (Wildman–Crippen MR) is 60.1 cm³/mol. The molecule has 0 N–H and O–H groups in total. The first-order valence-electron chi connectivity index (χ1n) is 4.56. The highest BCUT2D eigenvalue weighted by Gasteiger charge is 2.17. The molecule has 4 heteroatoms. The van der Waals surface area contributed by atoms with Crippen molar-refractivity contribution < 1.29 is 9.59 Å². The van der Waals surface area contributed by atoms with Crippen LogP contribution in [0, 0.1) is 0 Å². The van der Waals surface area contributed by atoms with Gasteiger partial charge in [0.05, 0.1) is 6.04 Å². The summed E-state index contributed by atoms with van der Waals surface area (Å²) in [5.41, 5.74) is 0.625. The van der Waals surface area contributed by atoms with Crippen LogP contribution in [0.5, 0.6) is 0 Å². The lowest BCUT2D eigenvalue weighted by molar-refractivity contribution is -0.119. The van der Waals surface area contributed by atoms with Crippen molar-refractivity contribution in [1.29, 1.82) is 0 Å². The summed E-state index contributed by atoms with van der Waals surface area (Å²) in [5, 5.41) is 0.537. The highest BCUT2D eigenvalue weighted by atomic mass is 35.5. The summed E-state index contributed by atoms with van der Waals surface area (Å²) in [6.45, 7) is 3.13. The summed E-state index contributed by atoms with van der Waals surface area (Å²) in [6.07, 6.45) is 0.637. The topological polar surface area (TPSA) is 37.4 Å². The average Bonchev–Trinajstić information content (AvgIpc) is 2.18. The Morgan fingerprint density at radius 1 is 1.53 bits per heavy atom. The van der Waals surface area contributed by atoms with E-state index in [1.54, 1.807) is 31.2 Å². The van der Waals surface area contributed by atoms with Gasteiger partial charge in [-0.15, -0.1) is 0 Å². The van der Waals surface area contributed by atoms with Gasteiger partial charge in [0, 0.05) is 10.7 Å². The maximum absolute atomic E-state index is 11.2. The van der Waals surface area contributed by atoms with Crippen molar-refractivity contribution in [3.8, 4) is 0 Å². The largest absolute Gasteiger partial charge is 0.305 e. The van der Waals surface area contributed by atoms with Crippen molar-refractivity contribution in [2.75, 3.05) is 4.90 Å². The van der Waals surface area contributed by atoms with E-state index >= 15 is 0 Å². The van der Waals surface area contributed by atoms with Crippen LogP contribution in [0.25, 0.3) is 0 Å². The molecule has 1 atom stereocenters. The van der Waals surface area contributed by atoms with E-state index in [0.717, 1.165) is 0 Å². The third-order valence-corrected chi connectivity index (χ3v) is 2.46. The van der Waals surface area contributed by atoms with Gasteiger partial charge in [-0.3, -0.25) is 9.59 Å². The summed E-state index contributed by atoms with van der Waals surface area (Å²) in [7, 11) is 0. The van der Waals surface area contributed by atoms with Crippen LogP contribution in [0.2, 0.25) is 5.02 Å². The number of rotatable bonds is 4. The maximum Gasteiger partial charge on any atom is 0.214 e. The van der Waals surface area contributed by atoms with E-state index in [-0.39, 0.29) is 5.78 Å². The van der Waals surface area contributed by atoms with Gasteiger partial charge in [-0.25, -0.2) is 0 Å². The number of ketones is 1. The molecule has 1 unspecified atom stereocenters. The smallest absolute Gasteiger partial charge is 0.214 e. The Hall–Kier alpha value is -1.35. The molecule has 0 saturated heterocycles. The number of amides is 1. The second-order valence-electron chi connectivity index (χ2n) is 3.28. The quantitative estimate of drug-likeness (QED) is 0.738. The molecule has 0 aliphatic rings. The van der Waals surface area contributed by atoms with Gasteiger partial charge in [0.25, 0.3) is 0 Å². The molecule has 3 nitrogen and oxygen atoms in total. The van der Waals surface area contributed by atoms with Crippen LogP contribution in [0.15, 0.2) is 24.3 Å². The van der Waals surface area contributed by atoms with Crippen molar-refractivity contribution in [1.82, 2.24) is 0 Å². The van der Waals surface area contributed by atoms with E-state index < -0.39 is 6.04 Å². The van der Waals surface area contributed by atoms with E-state index in [1.165, 1.54) is 11.8 Å². The summed E-state index contributed by atoms with van der Waals surface area (Å²) >= 11 is 5.80. The first-order chi connectivity index (χ1) is 7.06. The highest BCUT2D eigenvalue weighted by molar-refractivity contribution is 6.30. The van der Waals surface area contributed by atoms with Gasteiger partial charge in [0.1, 0.15) is 0 Å². The number of halogens is 1. The molecule has 0 aliphatic carbocycles. The number of benzene rings is 1. The molecule has 15 heavy (non-hydrogen) atoms. The number of nitrogens with zero attached hydrogens (tertiary/aromatic N) is 1. The van der Waals surface area contributed by atoms with Crippen molar-refractivity contribution in [2.45, 2.75) is 19.9 Å². The molecule has 1 amide bonds. The third kappa shape index (κ3) is 2.80. The fourth-order valence-corrected chi connectivity index (χ4v) is 1.39. The summed E-state index contributed by atoms with van der Waals surface area (Å²) < 4.78 is 0. The molecule has 0 fully saturated rings. The van der Waals surface area contributed by atoms with Crippen molar-refractivity contribution in [3.63, 3.8) is 0 Å². The number of carbonyl (C=O) groups excluding carboxylic acids is 2. The van der Waals surface area contributed by atoms with E-state index in [0.29, 0.717) is 17.1 Å². The van der Waals surface area contributed by atoms with Gasteiger partial charge in [-0.05, 0) is 32.0 Å². The van der Waals surface area contributed by atoms with Gasteiger partial charge in [0.2, 0.25) is 6.41 Å². The first kappa shape index (κ1) is 11.7. The lowest BCUT2D eigenvalue weighted by Crippen LogP contribution is -2.36. The maximum atomic E-state index is 11.2. The molecule has 0 bridgehead atoms. The Morgan fingerprint density at radius 2 is 2.20 bits per heavy atom. The second-order valence-corrected chi connectivity index (χ2v) is 3.72. The van der Waals surface area contributed by atoms with Crippen LogP contribution < -0.4 is 4.90 Å². The van der Waals surface area contributed by atoms with Crippen molar-refractivity contribution >= 4 is 29.5 Å². The van der Waals surface area contributed by atoms with E-state index in [2.05, 4.69) is 0 Å². The number of anilines is 1. The van der Waals surface area contributed by atoms with Crippen LogP contribution in [0.3, 0.4) is 0 Å². The fraction of sp³-hybridized carbons (Fsp3) is 0.273. The molecule has 0 saturated carbocycles. The Labute approximate surface area is 93.6 Å². The van der Waals surface area contributed by atoms with Crippen molar-refractivity contribution in [2.24, 2.45) is 0 Å². The predicted octanol–water partition coefficient (Wildman–Crippen LogP) is 2.28. The Kier molecular flexibility index (Phi) is 3.86. The van der Waals surface area contributed by atoms with Gasteiger partial charge in [-0.1, -0.05) is 17.7 Å². The van der Waals surface area contributed by atoms with Crippen LogP contribution in [0.1, 0.15) is 13.8 Å². The van der Waals surface area contributed by atoms with E-state index in [4.69, 9.17) is 11.6 Å². The molecule has 1 rings (SSSR count). The zero-order valence-corrected chi connectivity index (χ0v) is 9.36. The molecule has 80 valence electrons. The van der Waals surface area contributed by atoms with Crippen molar-refractivity contribution in [3.05, 3.63) is 29.3 Å². The number of Topliss-reactive ketones (excluding diaryl/α,β-unsaturated/α-hetero) is 1. The highest BCUT2D eigenvalue weighted by Crippen LogP contribution is 2.20. The van der Waals surface area contributed by atoms with Gasteiger partial charge in [-0.2, -0.15) is 0 Å². The van der Waals surface area contributed by atoms with E-state index in [9.17, 15) is 9.59 Å². The molecule has 1 aromatic rings. The molecule has 0 heterocycles. The molecular weight excluding hydrogens is 214 g/mol. The lowest BCUT2D eigenvalue weighted by Gasteiger charge is -2.22. The lowest BCUT2D eigenvalue weighted by atomic mass is 10.2. The molecular formula is C11H12ClNO2. The first-order valence-corrected chi connectivity index (χ1v) is 4.93. The Bertz CT molecular complexity index is 379. The molecule has 0 aliphatic heterocycles. The minimum absolute atomic E-state index is 0.0675. The Morgan fingerprint density at radius 3 is 2.67 bits per heavy atom. The third-order valence-electron chi connectivity index (χ3n) is 2.23. The Balaban J connectivity index is 3.02. The summed E-state index contributed by atoms with van der Waals surface area (Å²) in [6, 6.07) is 6.36. The normalized spacial score (nSPS) is 11.9. The van der Waals surface area contributed by atoms with E-state index in [1.807, 2.05) is 0 Å². The van der Waals surface area contributed by atoms with Crippen LogP contribution in [-0.4, -0.2) is 18.2 Å². The zero-order chi connectivity index (χ0) is 11.4. The summed E-state index contributed by atoms with van der Waals surface area (Å²) in [4.78, 5) is 23.4. The molecule has 0 radical (unpaired) electrons. The standard InChI is InChI=1S/C11H12ClNO2/c1-8(9(2)15)13(7-14)11-5-3-4-10(12)6-11/h3-8H,1-2H3. The number of hydrogen-bond donors (Lipinski definition) is 0. The second kappa shape index (κ2) is 4.94. The molecule has 0 aromatic heterocycles. The number of hydrogen-bond acceptors (Lipinski definition) is 2. The zero-order valence-electron chi connectivity index (χ0n) is 8.61. The van der Waals surface area contributed by atoms with Gasteiger partial charge >= 0.3 is 0 Å². The van der Waals surface area contributed by atoms with Crippen LogP contribution in [-0.2, 0) is 9.59 Å². The SMILES string of the molecule is CC(=O)C(C)N(C=O)c1cccc(Cl)c1. The van der Waals surface area contributed by atoms with Gasteiger partial charge in [0.15, 0.2) is 5.78 Å². The monoisotopic (exact) mass is 225 g/mol. The van der Waals surface area contributed by atoms with Crippen LogP contribution >= 0.6 is 11.6 Å². The minimum Gasteiger partial charge on any atom is -0.305 e. The average molecular weight is 226 g/mol. The number of carbonyl (C=O) groups is 2.